The Hall–Kier alpha value is -2.85. The smallest absolute Gasteiger partial charge is 0.244 e. The Morgan fingerprint density at radius 2 is 1.62 bits per heavy atom. The van der Waals surface area contributed by atoms with Gasteiger partial charge in [-0.3, -0.25) is 13.9 Å². The van der Waals surface area contributed by atoms with Crippen LogP contribution in [0.2, 0.25) is 15.1 Å². The molecular formula is C28H29Cl3FN3O4S. The van der Waals surface area contributed by atoms with Crippen LogP contribution >= 0.6 is 34.8 Å². The molecule has 0 aliphatic heterocycles. The fourth-order valence-corrected chi connectivity index (χ4v) is 5.51. The predicted molar refractivity (Wildman–Crippen MR) is 158 cm³/mol. The Morgan fingerprint density at radius 3 is 2.20 bits per heavy atom. The van der Waals surface area contributed by atoms with Gasteiger partial charge in [-0.1, -0.05) is 71.2 Å². The minimum Gasteiger partial charge on any atom is -0.352 e. The topological polar surface area (TPSA) is 86.8 Å². The van der Waals surface area contributed by atoms with Crippen molar-refractivity contribution in [3.8, 4) is 0 Å². The van der Waals surface area contributed by atoms with Gasteiger partial charge in [-0.15, -0.1) is 0 Å². The molecule has 40 heavy (non-hydrogen) atoms. The van der Waals surface area contributed by atoms with E-state index in [1.165, 1.54) is 17.0 Å². The first-order valence-corrected chi connectivity index (χ1v) is 15.2. The van der Waals surface area contributed by atoms with E-state index in [1.54, 1.807) is 26.0 Å². The Labute approximate surface area is 248 Å². The van der Waals surface area contributed by atoms with E-state index in [1.807, 2.05) is 30.3 Å². The summed E-state index contributed by atoms with van der Waals surface area (Å²) in [6.45, 7) is 2.80. The summed E-state index contributed by atoms with van der Waals surface area (Å²) in [4.78, 5) is 28.8. The number of sulfonamides is 1. The summed E-state index contributed by atoms with van der Waals surface area (Å²) in [6.07, 6.45) is 1.07. The molecule has 1 N–H and O–H groups in total. The van der Waals surface area contributed by atoms with E-state index in [2.05, 4.69) is 5.32 Å². The molecule has 0 aliphatic carbocycles. The first-order chi connectivity index (χ1) is 18.8. The number of hydrogen-bond acceptors (Lipinski definition) is 4. The summed E-state index contributed by atoms with van der Waals surface area (Å²) >= 11 is 18.4. The van der Waals surface area contributed by atoms with Gasteiger partial charge in [-0.05, 0) is 55.3 Å². The van der Waals surface area contributed by atoms with E-state index in [9.17, 15) is 22.4 Å². The highest BCUT2D eigenvalue weighted by atomic mass is 35.5. The summed E-state index contributed by atoms with van der Waals surface area (Å²) in [7, 11) is -4.03. The van der Waals surface area contributed by atoms with E-state index in [4.69, 9.17) is 34.8 Å². The van der Waals surface area contributed by atoms with Crippen LogP contribution < -0.4 is 9.62 Å². The van der Waals surface area contributed by atoms with Gasteiger partial charge in [0, 0.05) is 29.1 Å². The molecule has 7 nitrogen and oxygen atoms in total. The van der Waals surface area contributed by atoms with Crippen LogP contribution in [0.25, 0.3) is 0 Å². The molecule has 12 heteroatoms. The first kappa shape index (κ1) is 31.7. The second kappa shape index (κ2) is 13.7. The highest BCUT2D eigenvalue weighted by Gasteiger charge is 2.33. The van der Waals surface area contributed by atoms with Gasteiger partial charge in [0.2, 0.25) is 21.8 Å². The van der Waals surface area contributed by atoms with Crippen LogP contribution in [0.15, 0.2) is 66.7 Å². The van der Waals surface area contributed by atoms with Crippen molar-refractivity contribution in [3.63, 3.8) is 0 Å². The second-order valence-electron chi connectivity index (χ2n) is 9.49. The molecule has 0 heterocycles. The minimum atomic E-state index is -4.03. The molecule has 0 saturated carbocycles. The number of halogens is 4. The fraction of sp³-hybridized carbons (Fsp3) is 0.286. The van der Waals surface area contributed by atoms with Crippen LogP contribution in [0.1, 0.15) is 25.0 Å². The van der Waals surface area contributed by atoms with E-state index >= 15 is 0 Å². The van der Waals surface area contributed by atoms with Crippen molar-refractivity contribution in [3.05, 3.63) is 98.7 Å². The summed E-state index contributed by atoms with van der Waals surface area (Å²) < 4.78 is 40.2. The summed E-state index contributed by atoms with van der Waals surface area (Å²) in [5.41, 5.74) is 1.29. The molecule has 0 aromatic heterocycles. The highest BCUT2D eigenvalue weighted by molar-refractivity contribution is 7.92. The van der Waals surface area contributed by atoms with Crippen molar-refractivity contribution in [2.75, 3.05) is 17.1 Å². The SMILES string of the molecule is CC(C)NC(=O)[C@H](Cc1ccccc1)N(Cc1ccc(Cl)cc1Cl)C(=O)CN(c1ccc(F)c(Cl)c1)S(C)(=O)=O. The summed E-state index contributed by atoms with van der Waals surface area (Å²) in [5, 5.41) is 3.22. The summed E-state index contributed by atoms with van der Waals surface area (Å²) in [6, 6.07) is 16.0. The summed E-state index contributed by atoms with van der Waals surface area (Å²) in [5.74, 6) is -1.85. The molecule has 0 saturated heterocycles. The maximum absolute atomic E-state index is 14.0. The molecule has 2 amide bonds. The number of carbonyl (C=O) groups excluding carboxylic acids is 2. The van der Waals surface area contributed by atoms with Gasteiger partial charge in [0.05, 0.1) is 17.0 Å². The van der Waals surface area contributed by atoms with Crippen molar-refractivity contribution in [1.82, 2.24) is 10.2 Å². The zero-order chi connectivity index (χ0) is 29.6. The largest absolute Gasteiger partial charge is 0.352 e. The van der Waals surface area contributed by atoms with Crippen LogP contribution in [0.4, 0.5) is 10.1 Å². The van der Waals surface area contributed by atoms with Gasteiger partial charge in [0.15, 0.2) is 0 Å². The Bertz CT molecular complexity index is 1470. The van der Waals surface area contributed by atoms with Gasteiger partial charge in [0.25, 0.3) is 0 Å². The Morgan fingerprint density at radius 1 is 0.950 bits per heavy atom. The Balaban J connectivity index is 2.09. The number of nitrogens with zero attached hydrogens (tertiary/aromatic N) is 2. The predicted octanol–water partition coefficient (Wildman–Crippen LogP) is 5.72. The van der Waals surface area contributed by atoms with Gasteiger partial charge in [-0.25, -0.2) is 12.8 Å². The van der Waals surface area contributed by atoms with Crippen molar-refractivity contribution < 1.29 is 22.4 Å². The number of anilines is 1. The molecule has 3 aromatic carbocycles. The van der Waals surface area contributed by atoms with E-state index in [-0.39, 0.29) is 34.7 Å². The lowest BCUT2D eigenvalue weighted by atomic mass is 10.0. The molecular weight excluding hydrogens is 600 g/mol. The number of rotatable bonds is 11. The third kappa shape index (κ3) is 8.57. The van der Waals surface area contributed by atoms with Crippen molar-refractivity contribution in [1.29, 1.82) is 0 Å². The van der Waals surface area contributed by atoms with Gasteiger partial charge in [0.1, 0.15) is 18.4 Å². The number of amides is 2. The maximum atomic E-state index is 14.0. The molecule has 1 atom stereocenters. The van der Waals surface area contributed by atoms with Gasteiger partial charge >= 0.3 is 0 Å². The number of hydrogen-bond donors (Lipinski definition) is 1. The third-order valence-electron chi connectivity index (χ3n) is 5.93. The molecule has 0 fully saturated rings. The molecule has 0 unspecified atom stereocenters. The number of benzene rings is 3. The van der Waals surface area contributed by atoms with Crippen molar-refractivity contribution in [2.45, 2.75) is 38.9 Å². The van der Waals surface area contributed by atoms with Crippen molar-refractivity contribution >= 4 is 62.3 Å². The van der Waals surface area contributed by atoms with E-state index < -0.39 is 40.2 Å². The van der Waals surface area contributed by atoms with Crippen molar-refractivity contribution in [2.24, 2.45) is 0 Å². The lowest BCUT2D eigenvalue weighted by Gasteiger charge is -2.34. The number of nitrogens with one attached hydrogen (secondary N) is 1. The molecule has 0 radical (unpaired) electrons. The third-order valence-corrected chi connectivity index (χ3v) is 7.95. The van der Waals surface area contributed by atoms with Crippen LogP contribution in [-0.2, 0) is 32.6 Å². The molecule has 0 spiro atoms. The molecule has 3 aromatic rings. The molecule has 3 rings (SSSR count). The second-order valence-corrected chi connectivity index (χ2v) is 12.7. The lowest BCUT2D eigenvalue weighted by molar-refractivity contribution is -0.140. The zero-order valence-electron chi connectivity index (χ0n) is 22.1. The monoisotopic (exact) mass is 627 g/mol. The quantitative estimate of drug-likeness (QED) is 0.295. The van der Waals surface area contributed by atoms with Crippen LogP contribution in [-0.4, -0.2) is 50.0 Å². The highest BCUT2D eigenvalue weighted by Crippen LogP contribution is 2.27. The van der Waals surface area contributed by atoms with Gasteiger partial charge in [-0.2, -0.15) is 0 Å². The molecule has 0 aliphatic rings. The molecule has 0 bridgehead atoms. The normalized spacial score (nSPS) is 12.2. The van der Waals surface area contributed by atoms with Crippen LogP contribution in [0, 0.1) is 5.82 Å². The average Bonchev–Trinajstić information content (AvgIpc) is 2.87. The van der Waals surface area contributed by atoms with Crippen LogP contribution in [0.5, 0.6) is 0 Å². The Kier molecular flexibility index (Phi) is 10.8. The minimum absolute atomic E-state index is 0.00188. The standard InChI is InChI=1S/C28H29Cl3FN3O4S/c1-18(2)33-28(37)26(13-19-7-5-4-6-8-19)34(16-20-9-10-21(29)14-23(20)30)27(36)17-35(40(3,38)39)22-11-12-25(32)24(31)15-22/h4-12,14-15,18,26H,13,16-17H2,1-3H3,(H,33,37)/t26-/m0/s1. The number of carbonyl (C=O) groups is 2. The lowest BCUT2D eigenvalue weighted by Crippen LogP contribution is -2.54. The maximum Gasteiger partial charge on any atom is 0.244 e. The van der Waals surface area contributed by atoms with E-state index in [0.29, 0.717) is 10.6 Å². The first-order valence-electron chi connectivity index (χ1n) is 12.3. The van der Waals surface area contributed by atoms with Gasteiger partial charge < -0.3 is 10.2 Å². The fourth-order valence-electron chi connectivity index (χ4n) is 4.02. The van der Waals surface area contributed by atoms with Crippen LogP contribution in [0.3, 0.4) is 0 Å². The molecule has 214 valence electrons. The average molecular weight is 629 g/mol. The zero-order valence-corrected chi connectivity index (χ0v) is 25.2. The van der Waals surface area contributed by atoms with E-state index in [0.717, 1.165) is 28.3 Å².